The molecule has 4 aliphatic heterocycles. The molecule has 3 saturated heterocycles. The second kappa shape index (κ2) is 7.90. The standard InChI is InChI=1S/C27H25ClN4O4/c28-15-7-8-20-18(11-15)27(26(35)30-20)23-22(24(33)32(25(23)34)13-16-4-3-9-36-16)21(31-27)10-14-12-29-19-6-2-1-5-17(14)19/h1-2,5-8,11-12,16,21-23,29,31H,3-4,9-10,13H2,(H,30,35)/t16-,21-,22-,23+,27+/m0/s1. The van der Waals surface area contributed by atoms with Crippen LogP contribution in [0.2, 0.25) is 5.02 Å². The topological polar surface area (TPSA) is 104 Å². The molecule has 7 rings (SSSR count). The number of H-pyrrole nitrogens is 1. The van der Waals surface area contributed by atoms with Crippen LogP contribution in [0.4, 0.5) is 5.69 Å². The summed E-state index contributed by atoms with van der Waals surface area (Å²) in [7, 11) is 0. The number of ether oxygens (including phenoxy) is 1. The van der Waals surface area contributed by atoms with Gasteiger partial charge in [0.05, 0.1) is 24.5 Å². The minimum atomic E-state index is -1.36. The van der Waals surface area contributed by atoms with Gasteiger partial charge in [-0.2, -0.15) is 0 Å². The highest BCUT2D eigenvalue weighted by atomic mass is 35.5. The number of amides is 3. The highest BCUT2D eigenvalue weighted by Crippen LogP contribution is 2.54. The van der Waals surface area contributed by atoms with Crippen LogP contribution in [0.15, 0.2) is 48.7 Å². The summed E-state index contributed by atoms with van der Waals surface area (Å²) in [6, 6.07) is 12.7. The molecule has 8 nitrogen and oxygen atoms in total. The van der Waals surface area contributed by atoms with E-state index in [4.69, 9.17) is 16.3 Å². The Bertz CT molecular complexity index is 1430. The predicted molar refractivity (Wildman–Crippen MR) is 133 cm³/mol. The first-order valence-electron chi connectivity index (χ1n) is 12.4. The summed E-state index contributed by atoms with van der Waals surface area (Å²) in [5.74, 6) is -2.42. The van der Waals surface area contributed by atoms with Gasteiger partial charge < -0.3 is 15.0 Å². The van der Waals surface area contributed by atoms with Gasteiger partial charge in [0.25, 0.3) is 0 Å². The molecular weight excluding hydrogens is 480 g/mol. The van der Waals surface area contributed by atoms with Gasteiger partial charge in [0.15, 0.2) is 0 Å². The Kier molecular flexibility index (Phi) is 4.83. The van der Waals surface area contributed by atoms with Gasteiger partial charge in [-0.3, -0.25) is 24.6 Å². The molecule has 5 heterocycles. The summed E-state index contributed by atoms with van der Waals surface area (Å²) in [6.07, 6.45) is 4.00. The number of imide groups is 1. The molecule has 3 fully saturated rings. The van der Waals surface area contributed by atoms with Crippen LogP contribution < -0.4 is 10.6 Å². The average molecular weight is 505 g/mol. The number of aromatic nitrogens is 1. The Morgan fingerprint density at radius 3 is 2.81 bits per heavy atom. The molecule has 2 aromatic carbocycles. The average Bonchev–Trinajstić information content (AvgIpc) is 3.67. The number of rotatable bonds is 4. The quantitative estimate of drug-likeness (QED) is 0.474. The van der Waals surface area contributed by atoms with Crippen molar-refractivity contribution in [1.82, 2.24) is 15.2 Å². The van der Waals surface area contributed by atoms with E-state index in [9.17, 15) is 14.4 Å². The van der Waals surface area contributed by atoms with Crippen LogP contribution in [-0.4, -0.2) is 52.9 Å². The number of nitrogens with zero attached hydrogens (tertiary/aromatic N) is 1. The Labute approximate surface area is 212 Å². The molecule has 3 aromatic rings. The molecule has 0 bridgehead atoms. The van der Waals surface area contributed by atoms with Crippen molar-refractivity contribution in [2.75, 3.05) is 18.5 Å². The zero-order chi connectivity index (χ0) is 24.6. The van der Waals surface area contributed by atoms with Crippen molar-refractivity contribution in [3.8, 4) is 0 Å². The normalized spacial score (nSPS) is 31.0. The van der Waals surface area contributed by atoms with Gasteiger partial charge in [-0.25, -0.2) is 0 Å². The van der Waals surface area contributed by atoms with Crippen molar-refractivity contribution in [3.63, 3.8) is 0 Å². The van der Waals surface area contributed by atoms with E-state index in [2.05, 4.69) is 15.6 Å². The first kappa shape index (κ1) is 22.0. The van der Waals surface area contributed by atoms with Crippen molar-refractivity contribution < 1.29 is 19.1 Å². The monoisotopic (exact) mass is 504 g/mol. The van der Waals surface area contributed by atoms with Crippen molar-refractivity contribution in [3.05, 3.63) is 64.8 Å². The van der Waals surface area contributed by atoms with Crippen molar-refractivity contribution >= 4 is 45.9 Å². The minimum Gasteiger partial charge on any atom is -0.376 e. The Hall–Kier alpha value is -3.20. The van der Waals surface area contributed by atoms with Gasteiger partial charge in [-0.15, -0.1) is 0 Å². The van der Waals surface area contributed by atoms with Crippen LogP contribution in [0.1, 0.15) is 24.0 Å². The molecule has 1 spiro atoms. The molecular formula is C27H25ClN4O4. The number of benzene rings is 2. The van der Waals surface area contributed by atoms with Crippen molar-refractivity contribution in [2.24, 2.45) is 11.8 Å². The maximum absolute atomic E-state index is 13.9. The fourth-order valence-corrected chi connectivity index (χ4v) is 6.89. The SMILES string of the molecule is O=C1[C@H]2[C@H](Cc3c[nH]c4ccccc34)N[C@@]3(C(=O)Nc4ccc(Cl)cc43)[C@H]2C(=O)N1C[C@@H]1CCCO1. The molecule has 3 N–H and O–H groups in total. The third kappa shape index (κ3) is 2.98. The second-order valence-corrected chi connectivity index (χ2v) is 10.6. The molecule has 36 heavy (non-hydrogen) atoms. The molecule has 0 saturated carbocycles. The maximum Gasteiger partial charge on any atom is 0.250 e. The summed E-state index contributed by atoms with van der Waals surface area (Å²) in [5.41, 5.74) is 1.90. The minimum absolute atomic E-state index is 0.160. The lowest BCUT2D eigenvalue weighted by atomic mass is 9.76. The first-order chi connectivity index (χ1) is 17.5. The number of fused-ring (bicyclic) bond motifs is 5. The van der Waals surface area contributed by atoms with Crippen LogP contribution >= 0.6 is 11.6 Å². The first-order valence-corrected chi connectivity index (χ1v) is 12.8. The molecule has 3 amide bonds. The van der Waals surface area contributed by atoms with E-state index in [-0.39, 0.29) is 30.4 Å². The van der Waals surface area contributed by atoms with Crippen molar-refractivity contribution in [2.45, 2.75) is 36.9 Å². The number of aromatic amines is 1. The van der Waals surface area contributed by atoms with Gasteiger partial charge >= 0.3 is 0 Å². The fourth-order valence-electron chi connectivity index (χ4n) is 6.72. The number of hydrogen-bond donors (Lipinski definition) is 3. The van der Waals surface area contributed by atoms with E-state index in [1.807, 2.05) is 30.5 Å². The molecule has 9 heteroatoms. The molecule has 0 aliphatic carbocycles. The number of carbonyl (C=O) groups excluding carboxylic acids is 3. The number of likely N-dealkylation sites (tertiary alicyclic amines) is 1. The van der Waals surface area contributed by atoms with Crippen LogP contribution in [-0.2, 0) is 31.1 Å². The summed E-state index contributed by atoms with van der Waals surface area (Å²) in [5, 5.41) is 7.95. The molecule has 1 aromatic heterocycles. The number of hydrogen-bond acceptors (Lipinski definition) is 5. The Morgan fingerprint density at radius 1 is 1.11 bits per heavy atom. The summed E-state index contributed by atoms with van der Waals surface area (Å²) in [4.78, 5) is 46.1. The van der Waals surface area contributed by atoms with E-state index in [1.54, 1.807) is 18.2 Å². The smallest absolute Gasteiger partial charge is 0.250 e. The molecule has 4 aliphatic rings. The van der Waals surface area contributed by atoms with Crippen LogP contribution in [0.25, 0.3) is 10.9 Å². The summed E-state index contributed by atoms with van der Waals surface area (Å²) < 4.78 is 5.74. The fraction of sp³-hybridized carbons (Fsp3) is 0.370. The van der Waals surface area contributed by atoms with Crippen molar-refractivity contribution in [1.29, 1.82) is 0 Å². The zero-order valence-electron chi connectivity index (χ0n) is 19.4. The lowest BCUT2D eigenvalue weighted by Crippen LogP contribution is -2.54. The molecule has 5 atom stereocenters. The Morgan fingerprint density at radius 2 is 1.97 bits per heavy atom. The van der Waals surface area contributed by atoms with Crippen LogP contribution in [0.5, 0.6) is 0 Å². The number of halogens is 1. The lowest BCUT2D eigenvalue weighted by molar-refractivity contribution is -0.144. The predicted octanol–water partition coefficient (Wildman–Crippen LogP) is 2.96. The van der Waals surface area contributed by atoms with Gasteiger partial charge in [0.2, 0.25) is 17.7 Å². The van der Waals surface area contributed by atoms with Gasteiger partial charge in [0, 0.05) is 46.0 Å². The van der Waals surface area contributed by atoms with E-state index in [1.165, 1.54) is 4.90 Å². The maximum atomic E-state index is 13.9. The third-order valence-electron chi connectivity index (χ3n) is 8.29. The van der Waals surface area contributed by atoms with Crippen LogP contribution in [0.3, 0.4) is 0 Å². The van der Waals surface area contributed by atoms with Crippen LogP contribution in [0, 0.1) is 11.8 Å². The molecule has 184 valence electrons. The third-order valence-corrected chi connectivity index (χ3v) is 8.53. The molecule has 0 radical (unpaired) electrons. The second-order valence-electron chi connectivity index (χ2n) is 10.2. The summed E-state index contributed by atoms with van der Waals surface area (Å²) >= 11 is 6.35. The highest BCUT2D eigenvalue weighted by Gasteiger charge is 2.70. The largest absolute Gasteiger partial charge is 0.376 e. The summed E-state index contributed by atoms with van der Waals surface area (Å²) in [6.45, 7) is 0.862. The van der Waals surface area contributed by atoms with E-state index in [0.29, 0.717) is 29.3 Å². The lowest BCUT2D eigenvalue weighted by Gasteiger charge is -2.30. The number of anilines is 1. The molecule has 0 unspecified atom stereocenters. The van der Waals surface area contributed by atoms with Gasteiger partial charge in [-0.1, -0.05) is 29.8 Å². The van der Waals surface area contributed by atoms with E-state index in [0.717, 1.165) is 29.3 Å². The highest BCUT2D eigenvalue weighted by molar-refractivity contribution is 6.31. The number of para-hydroxylation sites is 1. The number of carbonyl (C=O) groups is 3. The van der Waals surface area contributed by atoms with Gasteiger partial charge in [0.1, 0.15) is 5.54 Å². The van der Waals surface area contributed by atoms with E-state index >= 15 is 0 Å². The zero-order valence-corrected chi connectivity index (χ0v) is 20.2. The van der Waals surface area contributed by atoms with Gasteiger partial charge in [-0.05, 0) is 49.1 Å². The number of nitrogens with one attached hydrogen (secondary N) is 3. The Balaban J connectivity index is 1.33. The van der Waals surface area contributed by atoms with E-state index < -0.39 is 23.4 Å².